The van der Waals surface area contributed by atoms with Crippen molar-refractivity contribution in [2.75, 3.05) is 9.62 Å². The fourth-order valence-electron chi connectivity index (χ4n) is 3.88. The number of nitrogens with zero attached hydrogens (tertiary/aromatic N) is 3. The molecule has 0 bridgehead atoms. The summed E-state index contributed by atoms with van der Waals surface area (Å²) in [6, 6.07) is 3.07. The highest BCUT2D eigenvalue weighted by Crippen LogP contribution is 2.44. The molecule has 0 spiro atoms. The third-order valence-corrected chi connectivity index (χ3v) is 8.55. The van der Waals surface area contributed by atoms with Crippen LogP contribution in [-0.4, -0.2) is 54.5 Å². The predicted octanol–water partition coefficient (Wildman–Crippen LogP) is 5.41. The molecule has 0 saturated carbocycles. The van der Waals surface area contributed by atoms with Crippen LogP contribution in [0.5, 0.6) is 5.75 Å². The standard InChI is InChI=1S/C24H30ClF3N4O6S/c1-7-31-12-19(20(25)30-31)39(35,36)32-14(2)18(11-22(3,4)13-33)37-17-9-8-15(10-16(17)32)29-21(34)38-23(5,6)24(26,27)28/h8-10,12-14,18H,7,11H2,1-6H3,(H,29,34). The molecule has 2 unspecified atom stereocenters. The van der Waals surface area contributed by atoms with E-state index in [9.17, 15) is 31.2 Å². The fraction of sp³-hybridized carbons (Fsp3) is 0.542. The quantitative estimate of drug-likeness (QED) is 0.406. The number of fused-ring (bicyclic) bond motifs is 1. The maximum atomic E-state index is 13.9. The lowest BCUT2D eigenvalue weighted by molar-refractivity contribution is -0.242. The van der Waals surface area contributed by atoms with Gasteiger partial charge >= 0.3 is 12.3 Å². The van der Waals surface area contributed by atoms with Crippen molar-refractivity contribution in [1.82, 2.24) is 9.78 Å². The lowest BCUT2D eigenvalue weighted by atomic mass is 9.86. The molecule has 1 aromatic heterocycles. The highest BCUT2D eigenvalue weighted by Gasteiger charge is 2.51. The van der Waals surface area contributed by atoms with Crippen LogP contribution in [0, 0.1) is 5.41 Å². The van der Waals surface area contributed by atoms with Gasteiger partial charge in [-0.05, 0) is 52.3 Å². The summed E-state index contributed by atoms with van der Waals surface area (Å²) in [6.45, 7) is 8.46. The number of hydrogen-bond donors (Lipinski definition) is 1. The molecule has 2 heterocycles. The SMILES string of the molecule is CCn1cc(S(=O)(=O)N2c3cc(NC(=O)OC(C)(C)C(F)(F)F)ccc3OC(CC(C)(C)C=O)C2C)c(Cl)n1. The van der Waals surface area contributed by atoms with Crippen LogP contribution in [0.2, 0.25) is 5.15 Å². The van der Waals surface area contributed by atoms with E-state index in [4.69, 9.17) is 16.3 Å². The molecular formula is C24H30ClF3N4O6S. The van der Waals surface area contributed by atoms with Crippen molar-refractivity contribution < 1.29 is 40.7 Å². The molecule has 216 valence electrons. The lowest BCUT2D eigenvalue weighted by Gasteiger charge is -2.42. The Morgan fingerprint density at radius 1 is 1.26 bits per heavy atom. The average molecular weight is 595 g/mol. The van der Waals surface area contributed by atoms with E-state index < -0.39 is 45.5 Å². The van der Waals surface area contributed by atoms with Gasteiger partial charge < -0.3 is 14.3 Å². The van der Waals surface area contributed by atoms with E-state index >= 15 is 0 Å². The number of rotatable bonds is 8. The van der Waals surface area contributed by atoms with E-state index in [0.717, 1.165) is 10.6 Å². The smallest absolute Gasteiger partial charge is 0.427 e. The number of aldehydes is 1. The predicted molar refractivity (Wildman–Crippen MR) is 138 cm³/mol. The van der Waals surface area contributed by atoms with Crippen LogP contribution in [0.4, 0.5) is 29.3 Å². The Bertz CT molecular complexity index is 1360. The lowest BCUT2D eigenvalue weighted by Crippen LogP contribution is -2.52. The molecule has 1 amide bonds. The van der Waals surface area contributed by atoms with Crippen LogP contribution >= 0.6 is 11.6 Å². The molecule has 1 aliphatic heterocycles. The van der Waals surface area contributed by atoms with Crippen LogP contribution in [0.1, 0.15) is 48.0 Å². The van der Waals surface area contributed by atoms with Crippen molar-refractivity contribution in [3.8, 4) is 5.75 Å². The van der Waals surface area contributed by atoms with Gasteiger partial charge in [-0.25, -0.2) is 13.2 Å². The number of nitrogens with one attached hydrogen (secondary N) is 1. The Labute approximate surface area is 229 Å². The van der Waals surface area contributed by atoms with Gasteiger partial charge in [0.2, 0.25) is 5.60 Å². The number of aromatic nitrogens is 2. The van der Waals surface area contributed by atoms with E-state index in [2.05, 4.69) is 15.2 Å². The molecule has 1 aliphatic rings. The average Bonchev–Trinajstić information content (AvgIpc) is 3.20. The summed E-state index contributed by atoms with van der Waals surface area (Å²) < 4.78 is 80.4. The van der Waals surface area contributed by atoms with Gasteiger partial charge in [0.1, 0.15) is 23.0 Å². The minimum absolute atomic E-state index is 0.00384. The fourth-order valence-corrected chi connectivity index (χ4v) is 6.01. The Balaban J connectivity index is 2.07. The zero-order chi connectivity index (χ0) is 29.6. The second-order valence-electron chi connectivity index (χ2n) is 10.4. The minimum Gasteiger partial charge on any atom is -0.486 e. The van der Waals surface area contributed by atoms with Crippen LogP contribution in [0.3, 0.4) is 0 Å². The number of benzene rings is 1. The highest BCUT2D eigenvalue weighted by atomic mass is 35.5. The van der Waals surface area contributed by atoms with E-state index in [1.807, 2.05) is 0 Å². The van der Waals surface area contributed by atoms with Gasteiger partial charge in [-0.2, -0.15) is 18.3 Å². The number of carbonyl (C=O) groups excluding carboxylic acids is 2. The van der Waals surface area contributed by atoms with Crippen LogP contribution < -0.4 is 14.4 Å². The van der Waals surface area contributed by atoms with Gasteiger partial charge in [-0.15, -0.1) is 0 Å². The van der Waals surface area contributed by atoms with E-state index in [1.165, 1.54) is 29.1 Å². The largest absolute Gasteiger partial charge is 0.486 e. The zero-order valence-corrected chi connectivity index (χ0v) is 23.7. The summed E-state index contributed by atoms with van der Waals surface area (Å²) >= 11 is 6.19. The molecular weight excluding hydrogens is 565 g/mol. The Hall–Kier alpha value is -3.00. The number of carbonyl (C=O) groups is 2. The summed E-state index contributed by atoms with van der Waals surface area (Å²) in [5, 5.41) is 5.95. The van der Waals surface area contributed by atoms with Gasteiger partial charge in [0.05, 0.1) is 11.7 Å². The molecule has 2 atom stereocenters. The maximum absolute atomic E-state index is 13.9. The van der Waals surface area contributed by atoms with Gasteiger partial charge in [0, 0.05) is 23.8 Å². The van der Waals surface area contributed by atoms with Crippen molar-refractivity contribution >= 4 is 45.4 Å². The number of alkyl halides is 3. The summed E-state index contributed by atoms with van der Waals surface area (Å²) in [5.74, 6) is 0.108. The molecule has 39 heavy (non-hydrogen) atoms. The molecule has 2 aromatic rings. The Morgan fingerprint density at radius 2 is 1.90 bits per heavy atom. The molecule has 3 rings (SSSR count). The number of halogens is 4. The van der Waals surface area contributed by atoms with Crippen LogP contribution in [0.25, 0.3) is 0 Å². The first-order valence-corrected chi connectivity index (χ1v) is 13.8. The molecule has 0 saturated heterocycles. The van der Waals surface area contributed by atoms with Crippen LogP contribution in [0.15, 0.2) is 29.3 Å². The first-order valence-electron chi connectivity index (χ1n) is 11.9. The second kappa shape index (κ2) is 10.5. The molecule has 0 radical (unpaired) electrons. The monoisotopic (exact) mass is 594 g/mol. The first kappa shape index (κ1) is 30.5. The summed E-state index contributed by atoms with van der Waals surface area (Å²) in [5.41, 5.74) is -3.66. The third kappa shape index (κ3) is 6.26. The summed E-state index contributed by atoms with van der Waals surface area (Å²) in [4.78, 5) is 23.6. The normalized spacial score (nSPS) is 18.3. The Morgan fingerprint density at radius 3 is 2.44 bits per heavy atom. The van der Waals surface area contributed by atoms with E-state index in [0.29, 0.717) is 20.4 Å². The molecule has 1 aromatic carbocycles. The van der Waals surface area contributed by atoms with Gasteiger partial charge in [0.25, 0.3) is 10.0 Å². The second-order valence-corrected chi connectivity index (χ2v) is 12.5. The maximum Gasteiger partial charge on any atom is 0.427 e. The third-order valence-electron chi connectivity index (χ3n) is 6.25. The van der Waals surface area contributed by atoms with Gasteiger partial charge in [-0.3, -0.25) is 14.3 Å². The molecule has 0 fully saturated rings. The highest BCUT2D eigenvalue weighted by molar-refractivity contribution is 7.93. The Kier molecular flexibility index (Phi) is 8.24. The van der Waals surface area contributed by atoms with Gasteiger partial charge in [-0.1, -0.05) is 25.4 Å². The summed E-state index contributed by atoms with van der Waals surface area (Å²) in [7, 11) is -4.38. The molecule has 1 N–H and O–H groups in total. The number of amides is 1. The number of aryl methyl sites for hydroxylation is 1. The zero-order valence-electron chi connectivity index (χ0n) is 22.2. The summed E-state index contributed by atoms with van der Waals surface area (Å²) in [6.07, 6.45) is -4.77. The first-order chi connectivity index (χ1) is 17.8. The number of sulfonamides is 1. The van der Waals surface area contributed by atoms with E-state index in [-0.39, 0.29) is 33.6 Å². The number of ether oxygens (including phenoxy) is 2. The number of anilines is 2. The molecule has 15 heteroatoms. The van der Waals surface area contributed by atoms with E-state index in [1.54, 1.807) is 27.7 Å². The van der Waals surface area contributed by atoms with Gasteiger partial charge in [0.15, 0.2) is 5.15 Å². The minimum atomic E-state index is -4.82. The van der Waals surface area contributed by atoms with Crippen molar-refractivity contribution in [3.63, 3.8) is 0 Å². The van der Waals surface area contributed by atoms with Crippen molar-refractivity contribution in [1.29, 1.82) is 0 Å². The van der Waals surface area contributed by atoms with Crippen molar-refractivity contribution in [3.05, 3.63) is 29.5 Å². The van der Waals surface area contributed by atoms with Crippen molar-refractivity contribution in [2.45, 2.75) is 83.3 Å². The number of hydrogen-bond acceptors (Lipinski definition) is 7. The van der Waals surface area contributed by atoms with Crippen LogP contribution in [-0.2, 0) is 26.1 Å². The van der Waals surface area contributed by atoms with Crippen molar-refractivity contribution in [2.24, 2.45) is 5.41 Å². The molecule has 0 aliphatic carbocycles. The molecule has 10 nitrogen and oxygen atoms in total. The topological polar surface area (TPSA) is 120 Å².